The number of rotatable bonds is 2. The Balaban J connectivity index is 1.76. The molecule has 0 aliphatic carbocycles. The molecule has 18 heavy (non-hydrogen) atoms. The largest absolute Gasteiger partial charge is 0.387 e. The minimum absolute atomic E-state index is 0.457. The van der Waals surface area contributed by atoms with E-state index in [4.69, 9.17) is 0 Å². The lowest BCUT2D eigenvalue weighted by Crippen LogP contribution is -2.36. The number of fused-ring (bicyclic) bond motifs is 2. The van der Waals surface area contributed by atoms with Gasteiger partial charge in [-0.05, 0) is 33.2 Å². The average molecular weight is 267 g/mol. The first-order valence-corrected chi connectivity index (χ1v) is 7.63. The standard InChI is InChI=1S/C13H21N3OS/c1-9(17)12-8-18-13(14-12)16-6-5-10-3-4-11(7-16)15(10)2/h8-11,17H,3-7H2,1-2H3. The molecule has 4 nitrogen and oxygen atoms in total. The fraction of sp³-hybridized carbons (Fsp3) is 0.769. The summed E-state index contributed by atoms with van der Waals surface area (Å²) in [6, 6.07) is 1.44. The molecule has 100 valence electrons. The summed E-state index contributed by atoms with van der Waals surface area (Å²) in [5.74, 6) is 0. The van der Waals surface area contributed by atoms with Crippen LogP contribution in [0.1, 0.15) is 38.0 Å². The van der Waals surface area contributed by atoms with E-state index >= 15 is 0 Å². The van der Waals surface area contributed by atoms with Crippen molar-refractivity contribution in [1.29, 1.82) is 0 Å². The Kier molecular flexibility index (Phi) is 3.30. The monoisotopic (exact) mass is 267 g/mol. The van der Waals surface area contributed by atoms with Crippen molar-refractivity contribution >= 4 is 16.5 Å². The van der Waals surface area contributed by atoms with Crippen molar-refractivity contribution in [3.63, 3.8) is 0 Å². The maximum absolute atomic E-state index is 9.56. The summed E-state index contributed by atoms with van der Waals surface area (Å²) >= 11 is 1.66. The van der Waals surface area contributed by atoms with Crippen LogP contribution in [0.25, 0.3) is 0 Å². The van der Waals surface area contributed by atoms with Crippen LogP contribution in [0.3, 0.4) is 0 Å². The lowest BCUT2D eigenvalue weighted by molar-refractivity contribution is 0.195. The maximum atomic E-state index is 9.56. The zero-order valence-electron chi connectivity index (χ0n) is 11.0. The van der Waals surface area contributed by atoms with Gasteiger partial charge < -0.3 is 10.0 Å². The highest BCUT2D eigenvalue weighted by Gasteiger charge is 2.35. The maximum Gasteiger partial charge on any atom is 0.185 e. The van der Waals surface area contributed by atoms with E-state index < -0.39 is 6.10 Å². The number of anilines is 1. The summed E-state index contributed by atoms with van der Waals surface area (Å²) in [6.07, 6.45) is 3.44. The van der Waals surface area contributed by atoms with Crippen LogP contribution in [0.5, 0.6) is 0 Å². The minimum Gasteiger partial charge on any atom is -0.387 e. The number of hydrogen-bond acceptors (Lipinski definition) is 5. The Labute approximate surface area is 112 Å². The van der Waals surface area contributed by atoms with Crippen molar-refractivity contribution in [2.24, 2.45) is 0 Å². The van der Waals surface area contributed by atoms with Gasteiger partial charge in [-0.15, -0.1) is 11.3 Å². The van der Waals surface area contributed by atoms with Gasteiger partial charge in [-0.25, -0.2) is 4.98 Å². The van der Waals surface area contributed by atoms with Crippen LogP contribution in [0.4, 0.5) is 5.13 Å². The molecule has 0 radical (unpaired) electrons. The van der Waals surface area contributed by atoms with Gasteiger partial charge in [0.15, 0.2) is 5.13 Å². The molecule has 2 bridgehead atoms. The van der Waals surface area contributed by atoms with Gasteiger partial charge in [0, 0.05) is 30.6 Å². The molecule has 2 fully saturated rings. The summed E-state index contributed by atoms with van der Waals surface area (Å²) < 4.78 is 0. The second-order valence-electron chi connectivity index (χ2n) is 5.52. The van der Waals surface area contributed by atoms with E-state index in [-0.39, 0.29) is 0 Å². The summed E-state index contributed by atoms with van der Waals surface area (Å²) in [4.78, 5) is 9.50. The highest BCUT2D eigenvalue weighted by Crippen LogP contribution is 2.32. The smallest absolute Gasteiger partial charge is 0.185 e. The topological polar surface area (TPSA) is 39.6 Å². The molecule has 3 unspecified atom stereocenters. The van der Waals surface area contributed by atoms with Crippen LogP contribution in [-0.4, -0.2) is 47.2 Å². The van der Waals surface area contributed by atoms with Gasteiger partial charge in [-0.3, -0.25) is 4.90 Å². The second-order valence-corrected chi connectivity index (χ2v) is 6.35. The molecule has 1 aromatic heterocycles. The molecule has 1 N–H and O–H groups in total. The number of aromatic nitrogens is 1. The van der Waals surface area contributed by atoms with Gasteiger partial charge in [0.25, 0.3) is 0 Å². The molecule has 5 heteroatoms. The van der Waals surface area contributed by atoms with Crippen LogP contribution in [0.15, 0.2) is 5.38 Å². The molecule has 1 aromatic rings. The first-order chi connectivity index (χ1) is 8.65. The van der Waals surface area contributed by atoms with Gasteiger partial charge in [0.1, 0.15) is 0 Å². The Morgan fingerprint density at radius 1 is 1.39 bits per heavy atom. The molecule has 2 aliphatic heterocycles. The van der Waals surface area contributed by atoms with Crippen LogP contribution in [-0.2, 0) is 0 Å². The molecule has 0 saturated carbocycles. The Morgan fingerprint density at radius 2 is 2.17 bits per heavy atom. The summed E-state index contributed by atoms with van der Waals surface area (Å²) in [6.45, 7) is 3.95. The van der Waals surface area contributed by atoms with Crippen LogP contribution in [0.2, 0.25) is 0 Å². The Hall–Kier alpha value is -0.650. The van der Waals surface area contributed by atoms with Crippen LogP contribution < -0.4 is 4.90 Å². The van der Waals surface area contributed by atoms with Crippen LogP contribution >= 0.6 is 11.3 Å². The number of nitrogens with zero attached hydrogens (tertiary/aromatic N) is 3. The summed E-state index contributed by atoms with van der Waals surface area (Å²) in [5, 5.41) is 12.6. The van der Waals surface area contributed by atoms with Crippen molar-refractivity contribution in [1.82, 2.24) is 9.88 Å². The van der Waals surface area contributed by atoms with Crippen molar-refractivity contribution in [3.8, 4) is 0 Å². The molecule has 0 aromatic carbocycles. The number of hydrogen-bond donors (Lipinski definition) is 1. The van der Waals surface area contributed by atoms with E-state index in [1.807, 2.05) is 5.38 Å². The number of aliphatic hydroxyl groups excluding tert-OH is 1. The summed E-state index contributed by atoms with van der Waals surface area (Å²) in [7, 11) is 2.26. The summed E-state index contributed by atoms with van der Waals surface area (Å²) in [5.41, 5.74) is 0.803. The van der Waals surface area contributed by atoms with Crippen molar-refractivity contribution in [2.75, 3.05) is 25.0 Å². The highest BCUT2D eigenvalue weighted by molar-refractivity contribution is 7.13. The fourth-order valence-electron chi connectivity index (χ4n) is 3.10. The molecule has 2 aliphatic rings. The van der Waals surface area contributed by atoms with Crippen molar-refractivity contribution in [2.45, 2.75) is 44.4 Å². The van der Waals surface area contributed by atoms with E-state index in [2.05, 4.69) is 21.8 Å². The first kappa shape index (κ1) is 12.4. The lowest BCUT2D eigenvalue weighted by Gasteiger charge is -2.25. The quantitative estimate of drug-likeness (QED) is 0.888. The molecular formula is C13H21N3OS. The molecule has 0 amide bonds. The highest BCUT2D eigenvalue weighted by atomic mass is 32.1. The third kappa shape index (κ3) is 2.15. The van der Waals surface area contributed by atoms with Gasteiger partial charge in [-0.2, -0.15) is 0 Å². The zero-order chi connectivity index (χ0) is 12.7. The van der Waals surface area contributed by atoms with E-state index in [1.165, 1.54) is 19.3 Å². The number of thiazole rings is 1. The van der Waals surface area contributed by atoms with Crippen LogP contribution in [0, 0.1) is 0 Å². The van der Waals surface area contributed by atoms with Crippen molar-refractivity contribution < 1.29 is 5.11 Å². The second kappa shape index (κ2) is 4.79. The molecule has 2 saturated heterocycles. The van der Waals surface area contributed by atoms with Gasteiger partial charge in [-0.1, -0.05) is 0 Å². The Morgan fingerprint density at radius 3 is 2.89 bits per heavy atom. The molecule has 3 rings (SSSR count). The average Bonchev–Trinajstić information content (AvgIpc) is 2.86. The molecule has 3 atom stereocenters. The minimum atomic E-state index is -0.457. The third-order valence-electron chi connectivity index (χ3n) is 4.36. The molecular weight excluding hydrogens is 246 g/mol. The first-order valence-electron chi connectivity index (χ1n) is 6.75. The SMILES string of the molecule is CC(O)c1csc(N2CCC3CCC(C2)N3C)n1. The fourth-order valence-corrected chi connectivity index (χ4v) is 4.04. The van der Waals surface area contributed by atoms with E-state index in [1.54, 1.807) is 18.3 Å². The van der Waals surface area contributed by atoms with Crippen molar-refractivity contribution in [3.05, 3.63) is 11.1 Å². The molecule has 0 spiro atoms. The number of likely N-dealkylation sites (N-methyl/N-ethyl adjacent to an activating group) is 1. The zero-order valence-corrected chi connectivity index (χ0v) is 11.9. The number of aliphatic hydroxyl groups is 1. The lowest BCUT2D eigenvalue weighted by atomic mass is 10.1. The normalized spacial score (nSPS) is 30.5. The van der Waals surface area contributed by atoms with E-state index in [9.17, 15) is 5.11 Å². The van der Waals surface area contributed by atoms with Gasteiger partial charge in [0.2, 0.25) is 0 Å². The van der Waals surface area contributed by atoms with E-state index in [0.717, 1.165) is 30.0 Å². The van der Waals surface area contributed by atoms with E-state index in [0.29, 0.717) is 6.04 Å². The predicted octanol–water partition coefficient (Wildman–Crippen LogP) is 1.87. The predicted molar refractivity (Wildman–Crippen MR) is 74.2 cm³/mol. The van der Waals surface area contributed by atoms with Gasteiger partial charge in [0.05, 0.1) is 11.8 Å². The molecule has 3 heterocycles. The van der Waals surface area contributed by atoms with Gasteiger partial charge >= 0.3 is 0 Å². The Bertz CT molecular complexity index is 420. The third-order valence-corrected chi connectivity index (χ3v) is 5.28.